The monoisotopic (exact) mass is 804 g/mol. The van der Waals surface area contributed by atoms with E-state index in [1.807, 2.05) is 12.9 Å². The van der Waals surface area contributed by atoms with Gasteiger partial charge in [-0.15, -0.1) is 0 Å². The molecule has 0 radical (unpaired) electrons. The van der Waals surface area contributed by atoms with Crippen molar-refractivity contribution in [2.45, 2.75) is 115 Å². The smallest absolute Gasteiger partial charge is 0 e. The molecule has 1 aromatic heterocycles. The standard InChI is InChI=1S/C19H47P3Si4.5CO.W/c1-19(2,3)16-20-22(18(25(10,11)12)26(13,14)15)21(16)17(23(4,5)6)24(7,8)9;5*1-2;/h17-18H,1-15H3;;;;;;. The van der Waals surface area contributed by atoms with Gasteiger partial charge in [0.05, 0.1) is 32.3 Å². The quantitative estimate of drug-likeness (QED) is 0.155. The molecule has 1 aromatic rings. The van der Waals surface area contributed by atoms with E-state index in [-0.39, 0.29) is 35.2 Å². The zero-order valence-electron chi connectivity index (χ0n) is 25.4. The molecule has 0 N–H and O–H groups in total. The van der Waals surface area contributed by atoms with Gasteiger partial charge in [0.25, 0.3) is 0 Å². The molecule has 0 aliphatic carbocycles. The Morgan fingerprint density at radius 2 is 0.757 bits per heavy atom. The molecule has 0 bridgehead atoms. The van der Waals surface area contributed by atoms with Crippen molar-refractivity contribution in [3.05, 3.63) is 38.3 Å². The fraction of sp³-hybridized carbons (Fsp3) is 0.750. The molecule has 0 saturated heterocycles. The van der Waals surface area contributed by atoms with Gasteiger partial charge in [0.2, 0.25) is 0 Å². The van der Waals surface area contributed by atoms with Gasteiger partial charge >= 0.3 is 56.5 Å². The van der Waals surface area contributed by atoms with Gasteiger partial charge in [-0.3, -0.25) is 0 Å². The summed E-state index contributed by atoms with van der Waals surface area (Å²) in [5.74, 6) is 0. The summed E-state index contributed by atoms with van der Waals surface area (Å²) < 4.78 is 37.5. The van der Waals surface area contributed by atoms with E-state index in [2.05, 4.69) is 133 Å². The predicted molar refractivity (Wildman–Crippen MR) is 164 cm³/mol. The van der Waals surface area contributed by atoms with E-state index in [1.165, 1.54) is 0 Å². The van der Waals surface area contributed by atoms with Crippen molar-refractivity contribution in [1.29, 1.82) is 0 Å². The van der Waals surface area contributed by atoms with Crippen LogP contribution in [0.1, 0.15) is 35.6 Å². The molecule has 2 unspecified atom stereocenters. The molecule has 0 spiro atoms. The summed E-state index contributed by atoms with van der Waals surface area (Å²) in [6.45, 7) is 62.6. The van der Waals surface area contributed by atoms with Crippen molar-refractivity contribution in [2.24, 2.45) is 0 Å². The van der Waals surface area contributed by atoms with Crippen molar-refractivity contribution in [3.63, 3.8) is 0 Å². The Bertz CT molecular complexity index is 776. The molecule has 5 nitrogen and oxygen atoms in total. The average Bonchev–Trinajstić information content (AvgIpc) is 2.72. The summed E-state index contributed by atoms with van der Waals surface area (Å²) in [6.07, 6.45) is 0. The predicted octanol–water partition coefficient (Wildman–Crippen LogP) is 9.94. The summed E-state index contributed by atoms with van der Waals surface area (Å²) in [7, 11) is -2.62. The van der Waals surface area contributed by atoms with Crippen LogP contribution in [0, 0.1) is 33.3 Å². The van der Waals surface area contributed by atoms with Crippen LogP contribution in [0.5, 0.6) is 0 Å². The average molecular weight is 805 g/mol. The first-order valence-corrected chi connectivity index (χ1v) is 30.7. The van der Waals surface area contributed by atoms with E-state index in [4.69, 9.17) is 23.3 Å². The van der Waals surface area contributed by atoms with Gasteiger partial charge in [0.1, 0.15) is 0 Å². The van der Waals surface area contributed by atoms with Crippen molar-refractivity contribution in [2.75, 3.05) is 0 Å². The largest absolute Gasteiger partial charge is 0 e. The minimum absolute atomic E-state index is 0. The van der Waals surface area contributed by atoms with Gasteiger partial charge in [0, 0.05) is 26.1 Å². The minimum atomic E-state index is -1.17. The van der Waals surface area contributed by atoms with Gasteiger partial charge in [-0.25, -0.2) is 0 Å². The van der Waals surface area contributed by atoms with E-state index >= 15 is 0 Å². The van der Waals surface area contributed by atoms with E-state index in [0.29, 0.717) is 5.41 Å². The Morgan fingerprint density at radius 1 is 0.541 bits per heavy atom. The molecule has 1 heterocycles. The Balaban J connectivity index is -0.000000194. The Morgan fingerprint density at radius 3 is 0.919 bits per heavy atom. The van der Waals surface area contributed by atoms with Crippen LogP contribution in [0.4, 0.5) is 0 Å². The van der Waals surface area contributed by atoms with E-state index in [9.17, 15) is 0 Å². The van der Waals surface area contributed by atoms with E-state index < -0.39 is 32.3 Å². The van der Waals surface area contributed by atoms with Crippen LogP contribution in [-0.4, -0.2) is 32.3 Å². The van der Waals surface area contributed by atoms with Crippen molar-refractivity contribution >= 4 is 54.3 Å². The molecule has 0 amide bonds. The zero-order chi connectivity index (χ0) is 31.1. The molecule has 13 heteroatoms. The van der Waals surface area contributed by atoms with Crippen LogP contribution in [0.3, 0.4) is 0 Å². The second-order valence-corrected chi connectivity index (χ2v) is 47.2. The zero-order valence-corrected chi connectivity index (χ0v) is 35.1. The molecule has 1 rings (SSSR count). The summed E-state index contributed by atoms with van der Waals surface area (Å²) in [5, 5.41) is 2.01. The molecule has 0 saturated carbocycles. The molecule has 2 atom stereocenters. The molecule has 0 aliphatic heterocycles. The Hall–Kier alpha value is 1.03. The topological polar surface area (TPSA) is 99.5 Å². The molecular formula is C24H47O5P3Si4W. The van der Waals surface area contributed by atoms with E-state index in [0.717, 1.165) is 9.81 Å². The second kappa shape index (κ2) is 21.7. The molecule has 0 fully saturated rings. The summed E-state index contributed by atoms with van der Waals surface area (Å²) >= 11 is 0. The first-order chi connectivity index (χ1) is 16.1. The van der Waals surface area contributed by atoms with Crippen LogP contribution in [0.2, 0.25) is 78.6 Å². The van der Waals surface area contributed by atoms with Crippen LogP contribution in [0.25, 0.3) is 0 Å². The molecular weight excluding hydrogens is 757 g/mol. The maximum atomic E-state index is 7.50. The molecule has 37 heavy (non-hydrogen) atoms. The third-order valence-electron chi connectivity index (χ3n) is 5.06. The van der Waals surface area contributed by atoms with E-state index in [1.54, 1.807) is 0 Å². The first kappa shape index (κ1) is 50.8. The van der Waals surface area contributed by atoms with Crippen molar-refractivity contribution < 1.29 is 44.3 Å². The second-order valence-electron chi connectivity index (χ2n) is 13.6. The third-order valence-corrected chi connectivity index (χ3v) is 51.5. The number of hydrogen-bond donors (Lipinski definition) is 0. The first-order valence-electron chi connectivity index (χ1n) is 11.3. The van der Waals surface area contributed by atoms with Crippen molar-refractivity contribution in [1.82, 2.24) is 0 Å². The van der Waals surface area contributed by atoms with Gasteiger partial charge in [-0.2, -0.15) is 0 Å². The maximum absolute atomic E-state index is 7.50. The number of hydrogen-bond acceptors (Lipinski definition) is 0. The van der Waals surface area contributed by atoms with Gasteiger partial charge in [0.15, 0.2) is 0 Å². The summed E-state index contributed by atoms with van der Waals surface area (Å²) in [6, 6.07) is 0. The molecule has 210 valence electrons. The fourth-order valence-electron chi connectivity index (χ4n) is 5.19. The normalized spacial score (nSPS) is 12.3. The summed E-state index contributed by atoms with van der Waals surface area (Å²) in [4.78, 5) is 2.25. The maximum Gasteiger partial charge on any atom is 0 e. The Kier molecular flexibility index (Phi) is 29.9. The van der Waals surface area contributed by atoms with Crippen LogP contribution < -0.4 is 0 Å². The van der Waals surface area contributed by atoms with Crippen LogP contribution >= 0.6 is 22.0 Å². The van der Waals surface area contributed by atoms with Crippen molar-refractivity contribution in [3.8, 4) is 0 Å². The van der Waals surface area contributed by atoms with Gasteiger partial charge in [-0.05, 0) is 23.1 Å². The summed E-state index contributed by atoms with van der Waals surface area (Å²) in [5.41, 5.74) is 0.424. The molecule has 0 aromatic carbocycles. The molecule has 0 aliphatic rings. The SMILES string of the molecule is CC(C)(C)c1pp(C([Si](C)(C)C)[Si](C)(C)C)p1C([Si](C)(C)C)[Si](C)(C)C.[C-]#[O+].[C-]#[O+].[C-]#[O+].[C-]#[O+].[C-]#[O+].[W]. The third kappa shape index (κ3) is 17.4. The van der Waals surface area contributed by atoms with Gasteiger partial charge in [-0.1, -0.05) is 113 Å². The fourth-order valence-corrected chi connectivity index (χ4v) is 77.0. The van der Waals surface area contributed by atoms with Crippen LogP contribution in [-0.2, 0) is 49.7 Å². The Labute approximate surface area is 250 Å². The van der Waals surface area contributed by atoms with Crippen LogP contribution in [0.15, 0.2) is 0 Å². The van der Waals surface area contributed by atoms with Gasteiger partial charge < -0.3 is 0 Å². The number of rotatable bonds is 6. The minimum Gasteiger partial charge on any atom is 0 e.